The first-order valence-corrected chi connectivity index (χ1v) is 24.4. The zero-order chi connectivity index (χ0) is 46.8. The number of aryl methyl sites for hydroxylation is 1. The Hall–Kier alpha value is -6.19. The van der Waals surface area contributed by atoms with E-state index in [1.807, 2.05) is 59.5 Å². The average Bonchev–Trinajstić information content (AvgIpc) is 3.75. The van der Waals surface area contributed by atoms with Gasteiger partial charge in [-0.05, 0) is 101 Å². The second-order valence-electron chi connectivity index (χ2n) is 16.3. The molecule has 5 aromatic carbocycles. The summed E-state index contributed by atoms with van der Waals surface area (Å²) in [5, 5.41) is 23.7. The fourth-order valence-corrected chi connectivity index (χ4v) is 11.8. The Morgan fingerprint density at radius 2 is 1.61 bits per heavy atom. The molecule has 67 heavy (non-hydrogen) atoms. The number of ether oxygens (including phenoxy) is 4. The number of fused-ring (bicyclic) bond motifs is 2. The number of carboxylic acids is 1. The van der Waals surface area contributed by atoms with Crippen LogP contribution in [0, 0.1) is 18.3 Å². The lowest BCUT2D eigenvalue weighted by Crippen LogP contribution is -2.55. The molecule has 3 aliphatic rings. The lowest BCUT2D eigenvalue weighted by atomic mass is 9.94. The van der Waals surface area contributed by atoms with Crippen LogP contribution in [0.5, 0.6) is 17.2 Å². The van der Waals surface area contributed by atoms with Crippen molar-refractivity contribution in [2.24, 2.45) is 0 Å². The lowest BCUT2D eigenvalue weighted by Gasteiger charge is -2.36. The number of halogens is 2. The molecule has 0 aliphatic carbocycles. The van der Waals surface area contributed by atoms with Gasteiger partial charge < -0.3 is 34.3 Å². The van der Waals surface area contributed by atoms with Crippen LogP contribution >= 0.6 is 34.5 Å². The van der Waals surface area contributed by atoms with Crippen molar-refractivity contribution < 1.29 is 42.1 Å². The van der Waals surface area contributed by atoms with Crippen molar-refractivity contribution in [1.29, 1.82) is 5.26 Å². The van der Waals surface area contributed by atoms with Gasteiger partial charge in [-0.25, -0.2) is 18.2 Å². The molecule has 6 aromatic rings. The number of morpholine rings is 1. The van der Waals surface area contributed by atoms with Crippen molar-refractivity contribution >= 4 is 61.6 Å². The Morgan fingerprint density at radius 3 is 2.30 bits per heavy atom. The van der Waals surface area contributed by atoms with Crippen molar-refractivity contribution in [2.45, 2.75) is 55.3 Å². The number of amides is 1. The number of aromatic nitrogens is 1. The maximum Gasteiger partial charge on any atom is 0.326 e. The van der Waals surface area contributed by atoms with Crippen LogP contribution in [0.15, 0.2) is 107 Å². The third-order valence-electron chi connectivity index (χ3n) is 11.9. The molecule has 0 bridgehead atoms. The number of anilines is 1. The lowest BCUT2D eigenvalue weighted by molar-refractivity contribution is -0.142. The zero-order valence-corrected chi connectivity index (χ0v) is 39.1. The molecule has 4 heterocycles. The molecule has 3 atom stereocenters. The van der Waals surface area contributed by atoms with Gasteiger partial charge >= 0.3 is 5.97 Å². The molecule has 344 valence electrons. The van der Waals surface area contributed by atoms with Gasteiger partial charge in [-0.3, -0.25) is 4.79 Å². The Morgan fingerprint density at radius 1 is 0.925 bits per heavy atom. The van der Waals surface area contributed by atoms with Gasteiger partial charge in [-0.15, -0.1) is 0 Å². The molecule has 1 aromatic heterocycles. The largest absolute Gasteiger partial charge is 0.489 e. The van der Waals surface area contributed by atoms with E-state index in [1.54, 1.807) is 55.5 Å². The molecule has 1 amide bonds. The van der Waals surface area contributed by atoms with Gasteiger partial charge in [0.05, 0.1) is 40.6 Å². The molecule has 2 N–H and O–H groups in total. The van der Waals surface area contributed by atoms with E-state index in [0.717, 1.165) is 37.9 Å². The fourth-order valence-electron chi connectivity index (χ4n) is 8.22. The summed E-state index contributed by atoms with van der Waals surface area (Å²) in [5.41, 5.74) is 6.19. The quantitative estimate of drug-likeness (QED) is 0.114. The second-order valence-corrected chi connectivity index (χ2v) is 20.2. The number of benzene rings is 5. The Balaban J connectivity index is 0.957. The first-order valence-electron chi connectivity index (χ1n) is 21.4. The number of aliphatic carboxylic acids is 1. The average molecular weight is 981 g/mol. The number of nitriles is 1. The highest BCUT2D eigenvalue weighted by Gasteiger charge is 2.43. The molecule has 14 nitrogen and oxygen atoms in total. The molecule has 9 rings (SSSR count). The SMILES string of the molecule is Cc1nc(N2CCOCC2)sc1S(=O)(=O)N1Cc2cc3c(cc2CC1C(=O)N[C@@H](Cc1ccc(-c2ccc(C#N)cc2)cc1)C(=O)O)OC[C@H](c1ccc(OCc2ccc(Cl)c(Cl)c2)cc1)O3. The Bertz CT molecular complexity index is 2980. The van der Waals surface area contributed by atoms with E-state index in [9.17, 15) is 23.1 Å². The predicted molar refractivity (Wildman–Crippen MR) is 253 cm³/mol. The van der Waals surface area contributed by atoms with Gasteiger partial charge in [0.15, 0.2) is 26.9 Å². The highest BCUT2D eigenvalue weighted by molar-refractivity contribution is 7.91. The van der Waals surface area contributed by atoms with Crippen molar-refractivity contribution in [1.82, 2.24) is 14.6 Å². The molecule has 1 fully saturated rings. The highest BCUT2D eigenvalue weighted by Crippen LogP contribution is 2.43. The Kier molecular flexibility index (Phi) is 13.4. The molecule has 0 saturated carbocycles. The van der Waals surface area contributed by atoms with E-state index in [0.29, 0.717) is 93.3 Å². The number of nitrogens with one attached hydrogen (secondary N) is 1. The number of nitrogens with zero attached hydrogens (tertiary/aromatic N) is 4. The van der Waals surface area contributed by atoms with Gasteiger partial charge in [-0.1, -0.05) is 89.1 Å². The molecule has 1 unspecified atom stereocenters. The summed E-state index contributed by atoms with van der Waals surface area (Å²) >= 11 is 13.2. The van der Waals surface area contributed by atoms with Crippen molar-refractivity contribution in [3.63, 3.8) is 0 Å². The third-order valence-corrected chi connectivity index (χ3v) is 16.3. The molecule has 0 spiro atoms. The van der Waals surface area contributed by atoms with Crippen molar-refractivity contribution in [3.05, 3.63) is 152 Å². The Labute approximate surface area is 401 Å². The number of carbonyl (C=O) groups excluding carboxylic acids is 1. The number of hydrogen-bond acceptors (Lipinski definition) is 12. The first kappa shape index (κ1) is 45.9. The molecule has 0 radical (unpaired) electrons. The van der Waals surface area contributed by atoms with E-state index in [4.69, 9.17) is 47.4 Å². The zero-order valence-electron chi connectivity index (χ0n) is 36.0. The highest BCUT2D eigenvalue weighted by atomic mass is 35.5. The summed E-state index contributed by atoms with van der Waals surface area (Å²) in [6, 6.07) is 30.0. The summed E-state index contributed by atoms with van der Waals surface area (Å²) in [6.07, 6.45) is -0.616. The predicted octanol–water partition coefficient (Wildman–Crippen LogP) is 8.15. The number of sulfonamides is 1. The summed E-state index contributed by atoms with van der Waals surface area (Å²) in [5.74, 6) is -0.546. The van der Waals surface area contributed by atoms with Gasteiger partial charge in [0, 0.05) is 26.1 Å². The van der Waals surface area contributed by atoms with Crippen LogP contribution in [0.25, 0.3) is 11.1 Å². The third kappa shape index (κ3) is 10.1. The van der Waals surface area contributed by atoms with Crippen LogP contribution < -0.4 is 24.4 Å². The van der Waals surface area contributed by atoms with Crippen LogP contribution in [-0.2, 0) is 50.3 Å². The van der Waals surface area contributed by atoms with Crippen LogP contribution in [0.4, 0.5) is 5.13 Å². The van der Waals surface area contributed by atoms with Gasteiger partial charge in [0.1, 0.15) is 31.0 Å². The minimum atomic E-state index is -4.39. The normalized spacial score (nSPS) is 17.5. The van der Waals surface area contributed by atoms with Crippen LogP contribution in [0.2, 0.25) is 10.0 Å². The van der Waals surface area contributed by atoms with Gasteiger partial charge in [0.2, 0.25) is 5.91 Å². The summed E-state index contributed by atoms with van der Waals surface area (Å²) in [4.78, 5) is 33.8. The van der Waals surface area contributed by atoms with Gasteiger partial charge in [-0.2, -0.15) is 9.57 Å². The number of rotatable bonds is 13. The molecule has 1 saturated heterocycles. The topological polar surface area (TPSA) is 181 Å². The van der Waals surface area contributed by atoms with Crippen LogP contribution in [0.3, 0.4) is 0 Å². The van der Waals surface area contributed by atoms with Crippen molar-refractivity contribution in [2.75, 3.05) is 37.8 Å². The summed E-state index contributed by atoms with van der Waals surface area (Å²) in [7, 11) is -4.39. The monoisotopic (exact) mass is 979 g/mol. The molecule has 18 heteroatoms. The maximum atomic E-state index is 14.9. The smallest absolute Gasteiger partial charge is 0.326 e. The van der Waals surface area contributed by atoms with Crippen LogP contribution in [-0.4, -0.2) is 79.7 Å². The standard InChI is InChI=1S/C49H43Cl2N5O9S2/c1-29-48(66-49(53-29)55-16-18-62-19-17-55)67(60,61)56-26-37-24-44-43(64-28-45(65-44)35-11-13-38(14-12-35)63-27-32-6-15-39(50)40(51)20-32)23-36(37)22-42(56)46(57)54-41(47(58)59)21-30-2-7-33(8-3-30)34-9-4-31(25-52)5-10-34/h2-15,20,23-24,41-42,45H,16-19,21-22,26-28H2,1H3,(H,54,57)(H,58,59)/t41-,42?,45+/m0/s1. The summed E-state index contributed by atoms with van der Waals surface area (Å²) < 4.78 is 55.1. The van der Waals surface area contributed by atoms with E-state index in [-0.39, 0.29) is 30.2 Å². The first-order chi connectivity index (χ1) is 32.3. The fraction of sp³-hybridized carbons (Fsp3) is 0.265. The minimum Gasteiger partial charge on any atom is -0.489 e. The van der Waals surface area contributed by atoms with Gasteiger partial charge in [0.25, 0.3) is 10.0 Å². The molecule has 3 aliphatic heterocycles. The number of hydrogen-bond donors (Lipinski definition) is 2. The molecular weight excluding hydrogens is 938 g/mol. The number of thiazole rings is 1. The second kappa shape index (κ2) is 19.6. The van der Waals surface area contributed by atoms with Crippen LogP contribution in [0.1, 0.15) is 45.2 Å². The number of carboxylic acid groups (broad SMARTS) is 1. The van der Waals surface area contributed by atoms with E-state index in [1.165, 1.54) is 0 Å². The van der Waals surface area contributed by atoms with E-state index >= 15 is 0 Å². The van der Waals surface area contributed by atoms with E-state index in [2.05, 4.69) is 16.4 Å². The maximum absolute atomic E-state index is 14.9. The van der Waals surface area contributed by atoms with Crippen molar-refractivity contribution in [3.8, 4) is 34.4 Å². The number of carbonyl (C=O) groups is 2. The van der Waals surface area contributed by atoms with E-state index < -0.39 is 40.1 Å². The summed E-state index contributed by atoms with van der Waals surface area (Å²) in [6.45, 7) is 3.97. The molecular formula is C49H43Cl2N5O9S2. The minimum absolute atomic E-state index is 0.00521.